The lowest BCUT2D eigenvalue weighted by molar-refractivity contribution is -0.138. The number of hydrogen-bond donors (Lipinski definition) is 1. The number of cyclic esters (lactones) is 1. The fourth-order valence-electron chi connectivity index (χ4n) is 2.56. The lowest BCUT2D eigenvalue weighted by Gasteiger charge is -2.37. The minimum absolute atomic E-state index is 0.437. The molecule has 2 atom stereocenters. The van der Waals surface area contributed by atoms with Gasteiger partial charge in [-0.3, -0.25) is 4.90 Å². The van der Waals surface area contributed by atoms with E-state index < -0.39 is 17.4 Å². The van der Waals surface area contributed by atoms with E-state index >= 15 is 0 Å². The van der Waals surface area contributed by atoms with Crippen LogP contribution in [0.2, 0.25) is 0 Å². The quantitative estimate of drug-likeness (QED) is 0.908. The lowest BCUT2D eigenvalue weighted by Crippen LogP contribution is -2.55. The van der Waals surface area contributed by atoms with E-state index in [1.54, 1.807) is 13.8 Å². The highest BCUT2D eigenvalue weighted by atomic mass is 16.6. The van der Waals surface area contributed by atoms with E-state index in [1.165, 1.54) is 10.5 Å². The van der Waals surface area contributed by atoms with Gasteiger partial charge in [-0.2, -0.15) is 0 Å². The second kappa shape index (κ2) is 4.85. The van der Waals surface area contributed by atoms with Crippen LogP contribution < -0.4 is 0 Å². The van der Waals surface area contributed by atoms with Crippen LogP contribution in [0, 0.1) is 0 Å². The number of carbonyl (C=O) groups is 1. The van der Waals surface area contributed by atoms with E-state index in [0.29, 0.717) is 13.0 Å². The van der Waals surface area contributed by atoms with Crippen molar-refractivity contribution in [2.75, 3.05) is 6.54 Å². The van der Waals surface area contributed by atoms with Crippen LogP contribution in [0.1, 0.15) is 32.8 Å². The summed E-state index contributed by atoms with van der Waals surface area (Å²) in [6.07, 6.45) is 0.910. The predicted molar refractivity (Wildman–Crippen MR) is 72.7 cm³/mol. The minimum Gasteiger partial charge on any atom is -0.438 e. The van der Waals surface area contributed by atoms with Gasteiger partial charge in [0, 0.05) is 6.54 Å². The summed E-state index contributed by atoms with van der Waals surface area (Å²) in [5.74, 6) is 0. The fourth-order valence-corrected chi connectivity index (χ4v) is 2.56. The van der Waals surface area contributed by atoms with E-state index in [2.05, 4.69) is 0 Å². The highest BCUT2D eigenvalue weighted by molar-refractivity contribution is 5.72. The molecule has 4 heteroatoms. The molecule has 1 saturated heterocycles. The van der Waals surface area contributed by atoms with Crippen molar-refractivity contribution < 1.29 is 14.6 Å². The largest absolute Gasteiger partial charge is 0.438 e. The van der Waals surface area contributed by atoms with Gasteiger partial charge < -0.3 is 9.84 Å². The van der Waals surface area contributed by atoms with Crippen molar-refractivity contribution in [3.8, 4) is 0 Å². The van der Waals surface area contributed by atoms with Crippen molar-refractivity contribution >= 4 is 6.09 Å². The van der Waals surface area contributed by atoms with Gasteiger partial charge in [0.1, 0.15) is 0 Å². The summed E-state index contributed by atoms with van der Waals surface area (Å²) in [6.45, 7) is 5.71. The van der Waals surface area contributed by atoms with Crippen molar-refractivity contribution in [3.05, 3.63) is 35.9 Å². The molecule has 2 rings (SSSR count). The molecule has 104 valence electrons. The summed E-state index contributed by atoms with van der Waals surface area (Å²) in [6, 6.07) is 10.00. The third-order valence-electron chi connectivity index (χ3n) is 4.11. The lowest BCUT2D eigenvalue weighted by atomic mass is 9.87. The molecule has 0 unspecified atom stereocenters. The summed E-state index contributed by atoms with van der Waals surface area (Å²) < 4.78 is 5.43. The average Bonchev–Trinajstić information content (AvgIpc) is 2.54. The Bertz CT molecular complexity index is 458. The smallest absolute Gasteiger partial charge is 0.412 e. The first kappa shape index (κ1) is 13.9. The second-order valence-electron chi connectivity index (χ2n) is 5.35. The van der Waals surface area contributed by atoms with Gasteiger partial charge in [0.2, 0.25) is 0 Å². The molecule has 1 aromatic carbocycles. The van der Waals surface area contributed by atoms with Crippen LogP contribution >= 0.6 is 0 Å². The Labute approximate surface area is 114 Å². The van der Waals surface area contributed by atoms with E-state index in [1.807, 2.05) is 37.3 Å². The molecule has 0 saturated carbocycles. The Hall–Kier alpha value is -1.55. The molecule has 1 amide bonds. The number of ether oxygens (including phenoxy) is 1. The van der Waals surface area contributed by atoms with Crippen LogP contribution in [-0.4, -0.2) is 34.0 Å². The Balaban J connectivity index is 2.13. The zero-order valence-corrected chi connectivity index (χ0v) is 11.7. The van der Waals surface area contributed by atoms with Gasteiger partial charge in [0.25, 0.3) is 0 Å². The minimum atomic E-state index is -1.27. The van der Waals surface area contributed by atoms with Gasteiger partial charge in [-0.25, -0.2) is 4.79 Å². The number of rotatable bonds is 4. The topological polar surface area (TPSA) is 49.8 Å². The molecule has 0 aromatic heterocycles. The molecule has 1 N–H and O–H groups in total. The molecular weight excluding hydrogens is 242 g/mol. The Morgan fingerprint density at radius 3 is 2.42 bits per heavy atom. The maximum absolute atomic E-state index is 11.8. The summed E-state index contributed by atoms with van der Waals surface area (Å²) in [5, 5.41) is 10.6. The average molecular weight is 263 g/mol. The first-order chi connectivity index (χ1) is 8.90. The van der Waals surface area contributed by atoms with Crippen molar-refractivity contribution in [2.24, 2.45) is 0 Å². The van der Waals surface area contributed by atoms with Crippen LogP contribution in [0.25, 0.3) is 0 Å². The highest BCUT2D eigenvalue weighted by Crippen LogP contribution is 2.40. The number of hydrogen-bond acceptors (Lipinski definition) is 3. The van der Waals surface area contributed by atoms with Gasteiger partial charge in [0.05, 0.1) is 0 Å². The fraction of sp³-hybridized carbons (Fsp3) is 0.533. The number of likely N-dealkylation sites (N-methyl/N-ethyl adjacent to an activating group) is 1. The molecule has 1 aromatic rings. The summed E-state index contributed by atoms with van der Waals surface area (Å²) >= 11 is 0. The Kier molecular flexibility index (Phi) is 3.54. The third-order valence-corrected chi connectivity index (χ3v) is 4.11. The van der Waals surface area contributed by atoms with Crippen LogP contribution in [-0.2, 0) is 11.2 Å². The molecule has 1 fully saturated rings. The summed E-state index contributed by atoms with van der Waals surface area (Å²) in [5.41, 5.74) is -0.977. The Morgan fingerprint density at radius 1 is 1.26 bits per heavy atom. The van der Waals surface area contributed by atoms with Gasteiger partial charge in [-0.1, -0.05) is 30.3 Å². The van der Waals surface area contributed by atoms with Crippen LogP contribution in [0.15, 0.2) is 30.3 Å². The number of aryl methyl sites for hydroxylation is 1. The second-order valence-corrected chi connectivity index (χ2v) is 5.35. The van der Waals surface area contributed by atoms with E-state index in [4.69, 9.17) is 4.74 Å². The maximum atomic E-state index is 11.8. The van der Waals surface area contributed by atoms with E-state index in [0.717, 1.165) is 6.42 Å². The molecular formula is C15H21NO3. The Morgan fingerprint density at radius 2 is 1.89 bits per heavy atom. The van der Waals surface area contributed by atoms with Crippen LogP contribution in [0.5, 0.6) is 0 Å². The summed E-state index contributed by atoms with van der Waals surface area (Å²) in [7, 11) is 0. The highest BCUT2D eigenvalue weighted by Gasteiger charge is 2.58. The molecule has 0 bridgehead atoms. The normalized spacial score (nSPS) is 30.5. The van der Waals surface area contributed by atoms with Crippen LogP contribution in [0.4, 0.5) is 4.79 Å². The number of amides is 1. The van der Waals surface area contributed by atoms with E-state index in [9.17, 15) is 9.90 Å². The standard InChI is InChI=1S/C15H21NO3/c1-4-16-13(17)19-14(2,15(16,3)18)11-10-12-8-6-5-7-9-12/h5-9,18H,4,10-11H2,1-3H3/t14-,15-/m0/s1. The molecule has 1 heterocycles. The zero-order valence-electron chi connectivity index (χ0n) is 11.7. The number of carbonyl (C=O) groups excluding carboxylic acids is 1. The molecule has 1 aliphatic rings. The molecule has 0 spiro atoms. The number of benzene rings is 1. The van der Waals surface area contributed by atoms with Gasteiger partial charge in [0.15, 0.2) is 11.3 Å². The zero-order chi connectivity index (χ0) is 14.1. The number of nitrogens with zero attached hydrogens (tertiary/aromatic N) is 1. The molecule has 0 aliphatic carbocycles. The summed E-state index contributed by atoms with van der Waals surface area (Å²) in [4.78, 5) is 13.2. The molecule has 19 heavy (non-hydrogen) atoms. The molecule has 0 radical (unpaired) electrons. The van der Waals surface area contributed by atoms with Crippen molar-refractivity contribution in [3.63, 3.8) is 0 Å². The number of aliphatic hydroxyl groups is 1. The first-order valence-corrected chi connectivity index (χ1v) is 6.67. The molecule has 4 nitrogen and oxygen atoms in total. The first-order valence-electron chi connectivity index (χ1n) is 6.67. The maximum Gasteiger partial charge on any atom is 0.412 e. The van der Waals surface area contributed by atoms with Gasteiger partial charge in [-0.05, 0) is 39.2 Å². The third kappa shape index (κ3) is 2.32. The van der Waals surface area contributed by atoms with Crippen molar-refractivity contribution in [2.45, 2.75) is 44.9 Å². The van der Waals surface area contributed by atoms with E-state index in [-0.39, 0.29) is 0 Å². The monoisotopic (exact) mass is 263 g/mol. The van der Waals surface area contributed by atoms with Crippen LogP contribution in [0.3, 0.4) is 0 Å². The van der Waals surface area contributed by atoms with Gasteiger partial charge >= 0.3 is 6.09 Å². The van der Waals surface area contributed by atoms with Crippen molar-refractivity contribution in [1.29, 1.82) is 0 Å². The van der Waals surface area contributed by atoms with Gasteiger partial charge in [-0.15, -0.1) is 0 Å². The molecule has 1 aliphatic heterocycles. The SMILES string of the molecule is CCN1C(=O)O[C@@](C)(CCc2ccccc2)[C@]1(C)O. The van der Waals surface area contributed by atoms with Crippen molar-refractivity contribution in [1.82, 2.24) is 4.90 Å². The predicted octanol–water partition coefficient (Wildman–Crippen LogP) is 2.56.